The predicted molar refractivity (Wildman–Crippen MR) is 77.2 cm³/mol. The summed E-state index contributed by atoms with van der Waals surface area (Å²) in [4.78, 5) is 4.06. The van der Waals surface area contributed by atoms with Crippen LogP contribution in [0.5, 0.6) is 0 Å². The van der Waals surface area contributed by atoms with Crippen LogP contribution in [0.3, 0.4) is 0 Å². The van der Waals surface area contributed by atoms with Crippen LogP contribution in [0.1, 0.15) is 19.8 Å². The van der Waals surface area contributed by atoms with Crippen LogP contribution >= 0.6 is 0 Å². The van der Waals surface area contributed by atoms with Gasteiger partial charge in [0, 0.05) is 26.4 Å². The van der Waals surface area contributed by atoms with E-state index in [9.17, 15) is 8.42 Å². The molecule has 7 heteroatoms. The first-order valence-electron chi connectivity index (χ1n) is 6.82. The Balaban J connectivity index is 2.28. The standard InChI is InChI=1S/C13H21N3O3S/c1-3-7-14-12-5-4-8-15-13(12)20(17,18)16(2)11-6-9-19-10-11/h4-5,8,11,14H,3,6-7,9-10H2,1-2H3. The van der Waals surface area contributed by atoms with Crippen LogP contribution in [-0.4, -0.2) is 50.6 Å². The first kappa shape index (κ1) is 15.2. The number of anilines is 1. The van der Waals surface area contributed by atoms with E-state index >= 15 is 0 Å². The van der Waals surface area contributed by atoms with E-state index in [2.05, 4.69) is 10.3 Å². The Morgan fingerprint density at radius 2 is 2.35 bits per heavy atom. The normalized spacial score (nSPS) is 19.4. The Morgan fingerprint density at radius 1 is 1.55 bits per heavy atom. The lowest BCUT2D eigenvalue weighted by molar-refractivity contribution is 0.181. The van der Waals surface area contributed by atoms with Crippen molar-refractivity contribution in [3.63, 3.8) is 0 Å². The maximum absolute atomic E-state index is 12.7. The van der Waals surface area contributed by atoms with E-state index in [1.165, 1.54) is 10.5 Å². The van der Waals surface area contributed by atoms with Crippen molar-refractivity contribution in [1.82, 2.24) is 9.29 Å². The summed E-state index contributed by atoms with van der Waals surface area (Å²) in [7, 11) is -2.01. The van der Waals surface area contributed by atoms with Crippen LogP contribution in [0.15, 0.2) is 23.4 Å². The van der Waals surface area contributed by atoms with Crippen LogP contribution in [0.4, 0.5) is 5.69 Å². The summed E-state index contributed by atoms with van der Waals surface area (Å²) >= 11 is 0. The summed E-state index contributed by atoms with van der Waals surface area (Å²) < 4.78 is 32.0. The highest BCUT2D eigenvalue weighted by atomic mass is 32.2. The largest absolute Gasteiger partial charge is 0.383 e. The number of pyridine rings is 1. The summed E-state index contributed by atoms with van der Waals surface area (Å²) in [6.07, 6.45) is 3.14. The molecule has 1 atom stereocenters. The Labute approximate surface area is 120 Å². The van der Waals surface area contributed by atoms with Crippen LogP contribution in [0.2, 0.25) is 0 Å². The quantitative estimate of drug-likeness (QED) is 0.857. The van der Waals surface area contributed by atoms with Crippen LogP contribution in [-0.2, 0) is 14.8 Å². The molecule has 1 saturated heterocycles. The molecule has 2 rings (SSSR count). The number of hydrogen-bond acceptors (Lipinski definition) is 5. The molecule has 1 unspecified atom stereocenters. The Hall–Kier alpha value is -1.18. The fourth-order valence-electron chi connectivity index (χ4n) is 2.13. The third-order valence-electron chi connectivity index (χ3n) is 3.38. The number of likely N-dealkylation sites (N-methyl/N-ethyl adjacent to an activating group) is 1. The second-order valence-corrected chi connectivity index (χ2v) is 6.73. The van der Waals surface area contributed by atoms with Gasteiger partial charge in [-0.3, -0.25) is 0 Å². The topological polar surface area (TPSA) is 71.5 Å². The molecular weight excluding hydrogens is 278 g/mol. The van der Waals surface area contributed by atoms with E-state index in [4.69, 9.17) is 4.74 Å². The van der Waals surface area contributed by atoms with Gasteiger partial charge in [-0.1, -0.05) is 6.92 Å². The molecule has 0 spiro atoms. The molecule has 1 N–H and O–H groups in total. The molecule has 20 heavy (non-hydrogen) atoms. The van der Waals surface area contributed by atoms with Crippen molar-refractivity contribution >= 4 is 15.7 Å². The minimum absolute atomic E-state index is 0.0860. The molecule has 1 aromatic rings. The van der Waals surface area contributed by atoms with Crippen molar-refractivity contribution in [2.45, 2.75) is 30.8 Å². The van der Waals surface area contributed by atoms with Gasteiger partial charge >= 0.3 is 0 Å². The SMILES string of the molecule is CCCNc1cccnc1S(=O)(=O)N(C)C1CCOC1. The van der Waals surface area contributed by atoms with Crippen molar-refractivity contribution in [1.29, 1.82) is 0 Å². The van der Waals surface area contributed by atoms with Crippen molar-refractivity contribution in [3.8, 4) is 0 Å². The average Bonchev–Trinajstić information content (AvgIpc) is 2.98. The van der Waals surface area contributed by atoms with Gasteiger partial charge in [0.15, 0.2) is 5.03 Å². The van der Waals surface area contributed by atoms with E-state index in [-0.39, 0.29) is 11.1 Å². The van der Waals surface area contributed by atoms with Gasteiger partial charge in [-0.2, -0.15) is 4.31 Å². The zero-order valence-corrected chi connectivity index (χ0v) is 12.7. The summed E-state index contributed by atoms with van der Waals surface area (Å²) in [6, 6.07) is 3.37. The molecule has 0 amide bonds. The van der Waals surface area contributed by atoms with Crippen molar-refractivity contribution in [2.24, 2.45) is 0 Å². The van der Waals surface area contributed by atoms with E-state index in [0.29, 0.717) is 25.4 Å². The third kappa shape index (κ3) is 3.11. The molecule has 1 aliphatic heterocycles. The summed E-state index contributed by atoms with van der Waals surface area (Å²) in [5, 5.41) is 3.20. The third-order valence-corrected chi connectivity index (χ3v) is 5.25. The van der Waals surface area contributed by atoms with E-state index in [1.807, 2.05) is 6.92 Å². The van der Waals surface area contributed by atoms with Gasteiger partial charge in [0.2, 0.25) is 0 Å². The fraction of sp³-hybridized carbons (Fsp3) is 0.615. The maximum atomic E-state index is 12.7. The Kier molecular flexibility index (Phi) is 4.95. The lowest BCUT2D eigenvalue weighted by atomic mass is 10.3. The molecule has 0 saturated carbocycles. The Morgan fingerprint density at radius 3 is 3.00 bits per heavy atom. The van der Waals surface area contributed by atoms with E-state index in [1.54, 1.807) is 19.2 Å². The number of hydrogen-bond donors (Lipinski definition) is 1. The molecule has 1 fully saturated rings. The number of sulfonamides is 1. The maximum Gasteiger partial charge on any atom is 0.262 e. The number of ether oxygens (including phenoxy) is 1. The van der Waals surface area contributed by atoms with Gasteiger partial charge < -0.3 is 10.1 Å². The van der Waals surface area contributed by atoms with Gasteiger partial charge in [0.25, 0.3) is 10.0 Å². The predicted octanol–water partition coefficient (Wildman–Crippen LogP) is 1.31. The first-order valence-corrected chi connectivity index (χ1v) is 8.26. The molecular formula is C13H21N3O3S. The van der Waals surface area contributed by atoms with Gasteiger partial charge in [0.05, 0.1) is 18.3 Å². The van der Waals surface area contributed by atoms with Crippen LogP contribution in [0.25, 0.3) is 0 Å². The average molecular weight is 299 g/mol. The molecule has 1 aliphatic rings. The minimum Gasteiger partial charge on any atom is -0.383 e. The number of nitrogens with one attached hydrogen (secondary N) is 1. The second kappa shape index (κ2) is 6.51. The summed E-state index contributed by atoms with van der Waals surface area (Å²) in [5.41, 5.74) is 0.556. The molecule has 0 radical (unpaired) electrons. The first-order chi connectivity index (χ1) is 9.57. The number of aromatic nitrogens is 1. The molecule has 6 nitrogen and oxygen atoms in total. The van der Waals surface area contributed by atoms with Crippen molar-refractivity contribution < 1.29 is 13.2 Å². The lowest BCUT2D eigenvalue weighted by Gasteiger charge is -2.23. The molecule has 112 valence electrons. The molecule has 0 bridgehead atoms. The highest BCUT2D eigenvalue weighted by molar-refractivity contribution is 7.89. The van der Waals surface area contributed by atoms with Crippen molar-refractivity contribution in [3.05, 3.63) is 18.3 Å². The lowest BCUT2D eigenvalue weighted by Crippen LogP contribution is -2.38. The van der Waals surface area contributed by atoms with E-state index < -0.39 is 10.0 Å². The fourth-order valence-corrected chi connectivity index (χ4v) is 3.58. The number of nitrogens with zero attached hydrogens (tertiary/aromatic N) is 2. The molecule has 1 aromatic heterocycles. The molecule has 2 heterocycles. The summed E-state index contributed by atoms with van der Waals surface area (Å²) in [6.45, 7) is 3.79. The Bertz CT molecular complexity index is 542. The smallest absolute Gasteiger partial charge is 0.262 e. The molecule has 0 aromatic carbocycles. The minimum atomic E-state index is -3.60. The second-order valence-electron chi connectivity index (χ2n) is 4.82. The summed E-state index contributed by atoms with van der Waals surface area (Å²) in [5.74, 6) is 0. The van der Waals surface area contributed by atoms with Gasteiger partial charge in [-0.05, 0) is 25.0 Å². The van der Waals surface area contributed by atoms with Crippen LogP contribution < -0.4 is 5.32 Å². The van der Waals surface area contributed by atoms with Gasteiger partial charge in [0.1, 0.15) is 0 Å². The van der Waals surface area contributed by atoms with Gasteiger partial charge in [-0.25, -0.2) is 13.4 Å². The van der Waals surface area contributed by atoms with E-state index in [0.717, 1.165) is 12.8 Å². The van der Waals surface area contributed by atoms with Crippen LogP contribution in [0, 0.1) is 0 Å². The zero-order chi connectivity index (χ0) is 14.6. The highest BCUT2D eigenvalue weighted by Crippen LogP contribution is 2.24. The monoisotopic (exact) mass is 299 g/mol. The number of rotatable bonds is 6. The van der Waals surface area contributed by atoms with Gasteiger partial charge in [-0.15, -0.1) is 0 Å². The highest BCUT2D eigenvalue weighted by Gasteiger charge is 2.33. The molecule has 0 aliphatic carbocycles. The van der Waals surface area contributed by atoms with Crippen molar-refractivity contribution in [2.75, 3.05) is 32.1 Å². The zero-order valence-electron chi connectivity index (χ0n) is 11.9.